The third-order valence-electron chi connectivity index (χ3n) is 0.689. The number of hydrogen-bond donors (Lipinski definition) is 2. The summed E-state index contributed by atoms with van der Waals surface area (Å²) in [4.78, 5) is 0. The first-order valence-corrected chi connectivity index (χ1v) is 3.29. The van der Waals surface area contributed by atoms with Crippen molar-refractivity contribution in [2.45, 2.75) is 0 Å². The molecule has 0 amide bonds. The number of rotatable bonds is 4. The van der Waals surface area contributed by atoms with Crippen LogP contribution in [0.3, 0.4) is 0 Å². The van der Waals surface area contributed by atoms with Crippen LogP contribution >= 0.6 is 0 Å². The predicted octanol–water partition coefficient (Wildman–Crippen LogP) is 0.486. The largest absolute Gasteiger partial charge is 0.310 e. The molecule has 0 bridgehead atoms. The van der Waals surface area contributed by atoms with Gasteiger partial charge in [0.15, 0.2) is 12.4 Å². The van der Waals surface area contributed by atoms with Crippen molar-refractivity contribution in [2.75, 3.05) is 13.1 Å². The maximum absolute atomic E-state index is 7.48. The van der Waals surface area contributed by atoms with Gasteiger partial charge in [-0.25, -0.2) is 5.32 Å². The second-order valence-electron chi connectivity index (χ2n) is 1.58. The highest BCUT2D eigenvalue weighted by atomic mass is 14.8. The Morgan fingerprint density at radius 1 is 1.08 bits per heavy atom. The van der Waals surface area contributed by atoms with E-state index in [0.29, 0.717) is 0 Å². The number of nitrogens with zero attached hydrogens (tertiary/aromatic N) is 2. The predicted molar refractivity (Wildman–Crippen MR) is 47.6 cm³/mol. The lowest BCUT2D eigenvalue weighted by Crippen LogP contribution is -2.11. The molecule has 0 heterocycles. The maximum atomic E-state index is 7.48. The van der Waals surface area contributed by atoms with Crippen molar-refractivity contribution in [1.82, 2.24) is 10.6 Å². The molecule has 0 radical (unpaired) electrons. The van der Waals surface area contributed by atoms with Gasteiger partial charge in [0, 0.05) is 13.1 Å². The Hall–Kier alpha value is -1.78. The molecule has 64 valence electrons. The normalized spacial score (nSPS) is 6.17. The van der Waals surface area contributed by atoms with Gasteiger partial charge in [-0.15, -0.1) is 13.2 Å². The van der Waals surface area contributed by atoms with Crippen LogP contribution in [0.4, 0.5) is 0 Å². The molecule has 0 spiro atoms. The summed E-state index contributed by atoms with van der Waals surface area (Å²) in [6.45, 7) is 8.81. The zero-order valence-electron chi connectivity index (χ0n) is 6.88. The summed E-state index contributed by atoms with van der Waals surface area (Å²) in [7, 11) is 0. The van der Waals surface area contributed by atoms with Crippen molar-refractivity contribution >= 4 is 0 Å². The molecule has 4 heteroatoms. The van der Waals surface area contributed by atoms with Crippen LogP contribution in [0.15, 0.2) is 25.3 Å². The summed E-state index contributed by atoms with van der Waals surface area (Å²) < 4.78 is 0. The van der Waals surface area contributed by atoms with Crippen molar-refractivity contribution in [3.8, 4) is 12.4 Å². The third-order valence-corrected chi connectivity index (χ3v) is 0.689. The van der Waals surface area contributed by atoms with Gasteiger partial charge in [-0.3, -0.25) is 0 Å². The van der Waals surface area contributed by atoms with E-state index in [1.54, 1.807) is 5.32 Å². The summed E-state index contributed by atoms with van der Waals surface area (Å²) >= 11 is 0. The zero-order valence-corrected chi connectivity index (χ0v) is 6.88. The average molecular weight is 164 g/mol. The molecule has 2 N–H and O–H groups in total. The lowest BCUT2D eigenvalue weighted by molar-refractivity contribution is 0.845. The molecule has 0 aromatic carbocycles. The molecule has 4 nitrogen and oxygen atoms in total. The highest BCUT2D eigenvalue weighted by Crippen LogP contribution is 1.59. The minimum Gasteiger partial charge on any atom is -0.310 e. The van der Waals surface area contributed by atoms with Crippen LogP contribution in [0.1, 0.15) is 0 Å². The molecule has 0 unspecified atom stereocenters. The number of nitrogens with one attached hydrogen (secondary N) is 2. The Morgan fingerprint density at radius 3 is 1.67 bits per heavy atom. The van der Waals surface area contributed by atoms with Crippen LogP contribution in [0.5, 0.6) is 0 Å². The molecule has 12 heavy (non-hydrogen) atoms. The first kappa shape index (κ1) is 12.9. The maximum Gasteiger partial charge on any atom is 0.190 e. The van der Waals surface area contributed by atoms with E-state index in [1.807, 2.05) is 12.2 Å². The topological polar surface area (TPSA) is 71.6 Å². The van der Waals surface area contributed by atoms with E-state index < -0.39 is 0 Å². The molecule has 0 aliphatic heterocycles. The van der Waals surface area contributed by atoms with E-state index >= 15 is 0 Å². The van der Waals surface area contributed by atoms with Crippen molar-refractivity contribution in [1.29, 1.82) is 10.5 Å². The Bertz CT molecular complexity index is 164. The monoisotopic (exact) mass is 164 g/mol. The van der Waals surface area contributed by atoms with E-state index in [-0.39, 0.29) is 0 Å². The molecule has 0 fully saturated rings. The lowest BCUT2D eigenvalue weighted by Gasteiger charge is -1.90. The van der Waals surface area contributed by atoms with Crippen molar-refractivity contribution in [3.05, 3.63) is 25.3 Å². The van der Waals surface area contributed by atoms with Crippen LogP contribution in [0.25, 0.3) is 0 Å². The fourth-order valence-corrected chi connectivity index (χ4v) is 0.312. The van der Waals surface area contributed by atoms with E-state index in [2.05, 4.69) is 18.5 Å². The second kappa shape index (κ2) is 16.1. The standard InChI is InChI=1S/C6H11N.C2HN3/c1-3-5-7-6-4-2;3-1-5-2-4/h3-4,7H,1-2,5-6H2;5H. The van der Waals surface area contributed by atoms with Crippen LogP contribution in [-0.4, -0.2) is 13.1 Å². The molecular weight excluding hydrogens is 152 g/mol. The Kier molecular flexibility index (Phi) is 17.3. The van der Waals surface area contributed by atoms with Gasteiger partial charge in [-0.05, 0) is 0 Å². The van der Waals surface area contributed by atoms with Gasteiger partial charge in [0.1, 0.15) is 0 Å². The highest BCUT2D eigenvalue weighted by Gasteiger charge is 1.69. The summed E-state index contributed by atoms with van der Waals surface area (Å²) in [6.07, 6.45) is 6.46. The van der Waals surface area contributed by atoms with Gasteiger partial charge < -0.3 is 5.32 Å². The molecule has 0 aromatic rings. The van der Waals surface area contributed by atoms with Crippen molar-refractivity contribution in [3.63, 3.8) is 0 Å². The van der Waals surface area contributed by atoms with Gasteiger partial charge >= 0.3 is 0 Å². The molecule has 0 atom stereocenters. The van der Waals surface area contributed by atoms with E-state index in [9.17, 15) is 0 Å². The smallest absolute Gasteiger partial charge is 0.190 e. The summed E-state index contributed by atoms with van der Waals surface area (Å²) in [5, 5.41) is 19.7. The van der Waals surface area contributed by atoms with Gasteiger partial charge in [0.25, 0.3) is 0 Å². The minimum atomic E-state index is 0.867. The summed E-state index contributed by atoms with van der Waals surface area (Å²) in [6, 6.07) is 0. The summed E-state index contributed by atoms with van der Waals surface area (Å²) in [5.41, 5.74) is 0. The van der Waals surface area contributed by atoms with Crippen LogP contribution in [0.2, 0.25) is 0 Å². The van der Waals surface area contributed by atoms with Gasteiger partial charge in [-0.1, -0.05) is 12.2 Å². The van der Waals surface area contributed by atoms with Gasteiger partial charge in [0.2, 0.25) is 0 Å². The second-order valence-corrected chi connectivity index (χ2v) is 1.58. The molecule has 0 rings (SSSR count). The number of hydrogen-bond acceptors (Lipinski definition) is 4. The van der Waals surface area contributed by atoms with E-state index in [1.165, 1.54) is 12.4 Å². The Morgan fingerprint density at radius 2 is 1.50 bits per heavy atom. The molecule has 0 saturated carbocycles. The fourth-order valence-electron chi connectivity index (χ4n) is 0.312. The van der Waals surface area contributed by atoms with E-state index in [0.717, 1.165) is 13.1 Å². The lowest BCUT2D eigenvalue weighted by atomic mass is 10.5. The Labute approximate surface area is 72.8 Å². The van der Waals surface area contributed by atoms with Crippen molar-refractivity contribution in [2.24, 2.45) is 0 Å². The Balaban J connectivity index is 0. The first-order chi connectivity index (χ1) is 5.83. The third kappa shape index (κ3) is 24.1. The summed E-state index contributed by atoms with van der Waals surface area (Å²) in [5.74, 6) is 0. The highest BCUT2D eigenvalue weighted by molar-refractivity contribution is 4.77. The van der Waals surface area contributed by atoms with Crippen molar-refractivity contribution < 1.29 is 0 Å². The van der Waals surface area contributed by atoms with Gasteiger partial charge in [0.05, 0.1) is 0 Å². The molecule has 0 aromatic heterocycles. The minimum absolute atomic E-state index is 0.867. The fraction of sp³-hybridized carbons (Fsp3) is 0.250. The molecule has 0 aliphatic rings. The quantitative estimate of drug-likeness (QED) is 0.274. The molecule has 0 aliphatic carbocycles. The van der Waals surface area contributed by atoms with Crippen LogP contribution in [0, 0.1) is 22.9 Å². The van der Waals surface area contributed by atoms with E-state index in [4.69, 9.17) is 10.5 Å². The number of nitriles is 2. The SMILES string of the molecule is C=CCNCC=C.N#CNC#N. The van der Waals surface area contributed by atoms with Crippen LogP contribution in [-0.2, 0) is 0 Å². The average Bonchev–Trinajstić information content (AvgIpc) is 2.08. The van der Waals surface area contributed by atoms with Gasteiger partial charge in [-0.2, -0.15) is 10.5 Å². The molecule has 0 saturated heterocycles. The first-order valence-electron chi connectivity index (χ1n) is 3.29. The zero-order chi connectivity index (χ0) is 9.66. The van der Waals surface area contributed by atoms with Crippen LogP contribution < -0.4 is 10.6 Å². The molecular formula is C8H12N4.